The zero-order chi connectivity index (χ0) is 14.8. The highest BCUT2D eigenvalue weighted by atomic mass is 79.9. The molecule has 110 valence electrons. The zero-order valence-electron chi connectivity index (χ0n) is 11.9. The summed E-state index contributed by atoms with van der Waals surface area (Å²) >= 11 is 3.40. The first-order valence-corrected chi connectivity index (χ1v) is 7.83. The standard InChI is InChI=1S/C15H17BrN4O/c1-19(10-14(21)20-6-2-3-7-20)13-4-5-17-12-8-11(16)9-18-15(12)13/h4-5,8-9H,2-3,6-7,10H2,1H3. The fourth-order valence-electron chi connectivity index (χ4n) is 2.65. The van der Waals surface area contributed by atoms with Crippen molar-refractivity contribution in [3.63, 3.8) is 0 Å². The van der Waals surface area contributed by atoms with E-state index in [1.807, 2.05) is 29.0 Å². The third-order valence-corrected chi connectivity index (χ3v) is 4.20. The average molecular weight is 349 g/mol. The molecule has 3 rings (SSSR count). The van der Waals surface area contributed by atoms with Gasteiger partial charge in [-0.2, -0.15) is 0 Å². The lowest BCUT2D eigenvalue weighted by atomic mass is 10.2. The molecule has 0 atom stereocenters. The van der Waals surface area contributed by atoms with Crippen LogP contribution in [0.1, 0.15) is 12.8 Å². The summed E-state index contributed by atoms with van der Waals surface area (Å²) in [4.78, 5) is 24.9. The molecule has 0 bridgehead atoms. The van der Waals surface area contributed by atoms with Gasteiger partial charge in [-0.05, 0) is 40.9 Å². The number of hydrogen-bond acceptors (Lipinski definition) is 4. The van der Waals surface area contributed by atoms with Gasteiger partial charge in [0.1, 0.15) is 5.52 Å². The summed E-state index contributed by atoms with van der Waals surface area (Å²) < 4.78 is 0.899. The molecule has 2 aromatic rings. The minimum atomic E-state index is 0.178. The molecule has 6 heteroatoms. The normalized spacial score (nSPS) is 14.7. The van der Waals surface area contributed by atoms with Crippen molar-refractivity contribution in [1.29, 1.82) is 0 Å². The van der Waals surface area contributed by atoms with Crippen LogP contribution in [-0.4, -0.2) is 47.5 Å². The number of anilines is 1. The van der Waals surface area contributed by atoms with Crippen LogP contribution < -0.4 is 4.90 Å². The second kappa shape index (κ2) is 5.97. The molecule has 0 N–H and O–H groups in total. The van der Waals surface area contributed by atoms with Gasteiger partial charge in [-0.25, -0.2) is 0 Å². The Labute approximate surface area is 132 Å². The molecule has 0 saturated carbocycles. The number of nitrogens with zero attached hydrogens (tertiary/aromatic N) is 4. The van der Waals surface area contributed by atoms with Crippen LogP contribution in [0.25, 0.3) is 11.0 Å². The number of likely N-dealkylation sites (tertiary alicyclic amines) is 1. The fraction of sp³-hybridized carbons (Fsp3) is 0.400. The van der Waals surface area contributed by atoms with Crippen LogP contribution in [0, 0.1) is 0 Å². The van der Waals surface area contributed by atoms with Crippen LogP contribution in [0.2, 0.25) is 0 Å². The summed E-state index contributed by atoms with van der Waals surface area (Å²) in [7, 11) is 1.92. The molecule has 1 aliphatic heterocycles. The van der Waals surface area contributed by atoms with Crippen LogP contribution in [0.5, 0.6) is 0 Å². The maximum absolute atomic E-state index is 12.3. The zero-order valence-corrected chi connectivity index (χ0v) is 13.5. The summed E-state index contributed by atoms with van der Waals surface area (Å²) in [5.74, 6) is 0.178. The van der Waals surface area contributed by atoms with Gasteiger partial charge < -0.3 is 9.80 Å². The quantitative estimate of drug-likeness (QED) is 0.854. The molecule has 5 nitrogen and oxygen atoms in total. The third kappa shape index (κ3) is 3.00. The Morgan fingerprint density at radius 1 is 1.38 bits per heavy atom. The summed E-state index contributed by atoms with van der Waals surface area (Å²) in [5, 5.41) is 0. The summed E-state index contributed by atoms with van der Waals surface area (Å²) in [6, 6.07) is 3.84. The van der Waals surface area contributed by atoms with Gasteiger partial charge in [0.25, 0.3) is 0 Å². The minimum absolute atomic E-state index is 0.178. The first kappa shape index (κ1) is 14.3. The molecule has 1 fully saturated rings. The second-order valence-electron chi connectivity index (χ2n) is 5.30. The van der Waals surface area contributed by atoms with E-state index in [1.54, 1.807) is 12.4 Å². The van der Waals surface area contributed by atoms with Crippen molar-refractivity contribution in [2.45, 2.75) is 12.8 Å². The van der Waals surface area contributed by atoms with Crippen molar-refractivity contribution in [3.8, 4) is 0 Å². The van der Waals surface area contributed by atoms with Crippen LogP contribution in [0.15, 0.2) is 29.0 Å². The molecule has 0 unspecified atom stereocenters. The van der Waals surface area contributed by atoms with Crippen LogP contribution in [0.4, 0.5) is 5.69 Å². The van der Waals surface area contributed by atoms with E-state index in [2.05, 4.69) is 25.9 Å². The maximum atomic E-state index is 12.3. The van der Waals surface area contributed by atoms with E-state index >= 15 is 0 Å². The van der Waals surface area contributed by atoms with Crippen molar-refractivity contribution < 1.29 is 4.79 Å². The van der Waals surface area contributed by atoms with Gasteiger partial charge >= 0.3 is 0 Å². The van der Waals surface area contributed by atoms with E-state index in [-0.39, 0.29) is 5.91 Å². The molecule has 1 saturated heterocycles. The monoisotopic (exact) mass is 348 g/mol. The Morgan fingerprint density at radius 2 is 2.14 bits per heavy atom. The van der Waals surface area contributed by atoms with Gasteiger partial charge in [0.05, 0.1) is 17.7 Å². The highest BCUT2D eigenvalue weighted by Gasteiger charge is 2.20. The molecular formula is C15H17BrN4O. The van der Waals surface area contributed by atoms with Crippen molar-refractivity contribution in [2.75, 3.05) is 31.6 Å². The highest BCUT2D eigenvalue weighted by molar-refractivity contribution is 9.10. The Bertz CT molecular complexity index is 670. The van der Waals surface area contributed by atoms with Crippen LogP contribution in [-0.2, 0) is 4.79 Å². The van der Waals surface area contributed by atoms with Crippen molar-refractivity contribution in [3.05, 3.63) is 29.0 Å². The third-order valence-electron chi connectivity index (χ3n) is 3.77. The van der Waals surface area contributed by atoms with Crippen LogP contribution >= 0.6 is 15.9 Å². The molecule has 0 spiro atoms. The average Bonchev–Trinajstić information content (AvgIpc) is 3.00. The first-order valence-electron chi connectivity index (χ1n) is 7.04. The second-order valence-corrected chi connectivity index (χ2v) is 6.21. The number of amides is 1. The van der Waals surface area contributed by atoms with Crippen molar-refractivity contribution in [1.82, 2.24) is 14.9 Å². The molecule has 0 aromatic carbocycles. The van der Waals surface area contributed by atoms with E-state index < -0.39 is 0 Å². The van der Waals surface area contributed by atoms with E-state index in [0.29, 0.717) is 6.54 Å². The van der Waals surface area contributed by atoms with Gasteiger partial charge in [0.15, 0.2) is 0 Å². The SMILES string of the molecule is CN(CC(=O)N1CCCC1)c1ccnc2cc(Br)cnc12. The van der Waals surface area contributed by atoms with E-state index in [4.69, 9.17) is 0 Å². The smallest absolute Gasteiger partial charge is 0.242 e. The number of carbonyl (C=O) groups excluding carboxylic acids is 1. The number of fused-ring (bicyclic) bond motifs is 1. The Morgan fingerprint density at radius 3 is 2.90 bits per heavy atom. The number of hydrogen-bond donors (Lipinski definition) is 0. The fourth-order valence-corrected chi connectivity index (χ4v) is 2.97. The lowest BCUT2D eigenvalue weighted by Crippen LogP contribution is -2.37. The summed E-state index contributed by atoms with van der Waals surface area (Å²) in [6.07, 6.45) is 5.73. The Balaban J connectivity index is 1.84. The number of pyridine rings is 2. The first-order chi connectivity index (χ1) is 10.1. The molecule has 3 heterocycles. The molecule has 2 aromatic heterocycles. The number of rotatable bonds is 3. The molecule has 0 radical (unpaired) electrons. The van der Waals surface area contributed by atoms with Gasteiger partial charge in [0.2, 0.25) is 5.91 Å². The summed E-state index contributed by atoms with van der Waals surface area (Å²) in [5.41, 5.74) is 2.57. The largest absolute Gasteiger partial charge is 0.363 e. The molecule has 0 aliphatic carbocycles. The Kier molecular flexibility index (Phi) is 4.05. The van der Waals surface area contributed by atoms with Gasteiger partial charge in [-0.1, -0.05) is 0 Å². The number of likely N-dealkylation sites (N-methyl/N-ethyl adjacent to an activating group) is 1. The van der Waals surface area contributed by atoms with E-state index in [0.717, 1.165) is 47.1 Å². The van der Waals surface area contributed by atoms with Crippen LogP contribution in [0.3, 0.4) is 0 Å². The molecule has 1 aliphatic rings. The van der Waals surface area contributed by atoms with E-state index in [1.165, 1.54) is 0 Å². The number of halogens is 1. The van der Waals surface area contributed by atoms with E-state index in [9.17, 15) is 4.79 Å². The summed E-state index contributed by atoms with van der Waals surface area (Å²) in [6.45, 7) is 2.14. The van der Waals surface area contributed by atoms with Crippen molar-refractivity contribution >= 4 is 38.6 Å². The topological polar surface area (TPSA) is 49.3 Å². The number of carbonyl (C=O) groups is 1. The lowest BCUT2D eigenvalue weighted by molar-refractivity contribution is -0.128. The van der Waals surface area contributed by atoms with Gasteiger partial charge in [-0.15, -0.1) is 0 Å². The van der Waals surface area contributed by atoms with Gasteiger partial charge in [0, 0.05) is 37.0 Å². The number of aromatic nitrogens is 2. The molecule has 21 heavy (non-hydrogen) atoms. The predicted molar refractivity (Wildman–Crippen MR) is 86.3 cm³/mol. The lowest BCUT2D eigenvalue weighted by Gasteiger charge is -2.23. The molecule has 1 amide bonds. The highest BCUT2D eigenvalue weighted by Crippen LogP contribution is 2.24. The molecular weight excluding hydrogens is 332 g/mol. The minimum Gasteiger partial charge on any atom is -0.363 e. The predicted octanol–water partition coefficient (Wildman–Crippen LogP) is 2.45. The Hall–Kier alpha value is -1.69. The van der Waals surface area contributed by atoms with Crippen molar-refractivity contribution in [2.24, 2.45) is 0 Å². The van der Waals surface area contributed by atoms with Gasteiger partial charge in [-0.3, -0.25) is 14.8 Å². The maximum Gasteiger partial charge on any atom is 0.242 e.